The number of carboxylic acid groups (broad SMARTS) is 1. The molecular weight excluding hydrogens is 230 g/mol. The second-order valence-corrected chi connectivity index (χ2v) is 4.53. The molecule has 0 radical (unpaired) electrons. The van der Waals surface area contributed by atoms with Gasteiger partial charge in [-0.2, -0.15) is 0 Å². The van der Waals surface area contributed by atoms with Crippen LogP contribution in [0.2, 0.25) is 0 Å². The van der Waals surface area contributed by atoms with E-state index in [9.17, 15) is 14.7 Å². The number of anilines is 1. The van der Waals surface area contributed by atoms with Crippen molar-refractivity contribution >= 4 is 17.4 Å². The Hall–Kier alpha value is -1.84. The lowest BCUT2D eigenvalue weighted by molar-refractivity contribution is -0.138. The van der Waals surface area contributed by atoms with E-state index in [0.717, 1.165) is 12.1 Å². The number of carbonyl (C=O) groups is 2. The lowest BCUT2D eigenvalue weighted by Crippen LogP contribution is -2.45. The fourth-order valence-corrected chi connectivity index (χ4v) is 2.45. The average molecular weight is 247 g/mol. The van der Waals surface area contributed by atoms with Crippen LogP contribution in [-0.2, 0) is 4.79 Å². The van der Waals surface area contributed by atoms with Crippen molar-refractivity contribution in [1.29, 1.82) is 0 Å². The van der Waals surface area contributed by atoms with Crippen molar-refractivity contribution in [2.24, 2.45) is 0 Å². The number of hydrogen-bond acceptors (Lipinski definition) is 3. The molecule has 0 bridgehead atoms. The fraction of sp³-hybridized carbons (Fsp3) is 0.429. The van der Waals surface area contributed by atoms with E-state index in [1.54, 1.807) is 6.07 Å². The van der Waals surface area contributed by atoms with Crippen LogP contribution in [0, 0.1) is 0 Å². The summed E-state index contributed by atoms with van der Waals surface area (Å²) in [5, 5.41) is 9.32. The zero-order chi connectivity index (χ0) is 13.1. The van der Waals surface area contributed by atoms with Crippen LogP contribution in [0.4, 0.5) is 5.69 Å². The highest BCUT2D eigenvalue weighted by Gasteiger charge is 2.31. The van der Waals surface area contributed by atoms with E-state index in [2.05, 4.69) is 0 Å². The zero-order valence-electron chi connectivity index (χ0n) is 10.4. The van der Waals surface area contributed by atoms with Crippen molar-refractivity contribution in [3.63, 3.8) is 0 Å². The number of carbonyl (C=O) groups excluding carboxylic acids is 1. The van der Waals surface area contributed by atoms with E-state index >= 15 is 0 Å². The van der Waals surface area contributed by atoms with Crippen LogP contribution in [0.25, 0.3) is 0 Å². The number of carboxylic acids is 1. The number of rotatable bonds is 4. The van der Waals surface area contributed by atoms with Gasteiger partial charge in [-0.15, -0.1) is 0 Å². The largest absolute Gasteiger partial charge is 0.480 e. The molecule has 0 aliphatic carbocycles. The third-order valence-corrected chi connectivity index (χ3v) is 3.32. The van der Waals surface area contributed by atoms with Gasteiger partial charge in [-0.25, -0.2) is 4.79 Å². The summed E-state index contributed by atoms with van der Waals surface area (Å²) < 4.78 is 0. The molecule has 1 aromatic carbocycles. The van der Waals surface area contributed by atoms with Gasteiger partial charge in [-0.1, -0.05) is 25.5 Å². The molecule has 1 heterocycles. The Morgan fingerprint density at radius 1 is 1.44 bits per heavy atom. The molecule has 0 saturated carbocycles. The first kappa shape index (κ1) is 12.6. The van der Waals surface area contributed by atoms with Crippen molar-refractivity contribution < 1.29 is 14.7 Å². The number of benzene rings is 1. The van der Waals surface area contributed by atoms with Crippen molar-refractivity contribution in [2.75, 3.05) is 11.4 Å². The van der Waals surface area contributed by atoms with Crippen LogP contribution in [0.15, 0.2) is 24.3 Å². The van der Waals surface area contributed by atoms with E-state index in [-0.39, 0.29) is 5.78 Å². The van der Waals surface area contributed by atoms with Gasteiger partial charge < -0.3 is 10.0 Å². The summed E-state index contributed by atoms with van der Waals surface area (Å²) in [6.07, 6.45) is 1.80. The van der Waals surface area contributed by atoms with Crippen molar-refractivity contribution in [2.45, 2.75) is 32.2 Å². The van der Waals surface area contributed by atoms with Crippen LogP contribution in [0.1, 0.15) is 36.5 Å². The molecule has 4 heteroatoms. The molecule has 1 aliphatic heterocycles. The number of para-hydroxylation sites is 1. The molecule has 0 aromatic heterocycles. The molecule has 1 unspecified atom stereocenters. The first-order valence-electron chi connectivity index (χ1n) is 6.26. The Labute approximate surface area is 106 Å². The quantitative estimate of drug-likeness (QED) is 0.887. The number of fused-ring (bicyclic) bond motifs is 1. The minimum Gasteiger partial charge on any atom is -0.480 e. The molecule has 0 saturated heterocycles. The van der Waals surface area contributed by atoms with E-state index in [4.69, 9.17) is 0 Å². The van der Waals surface area contributed by atoms with Gasteiger partial charge in [-0.05, 0) is 18.6 Å². The molecular formula is C14H17NO3. The van der Waals surface area contributed by atoms with Gasteiger partial charge >= 0.3 is 5.97 Å². The molecule has 1 N–H and O–H groups in total. The summed E-state index contributed by atoms with van der Waals surface area (Å²) in [6, 6.07) is 6.72. The first-order chi connectivity index (χ1) is 8.65. The van der Waals surface area contributed by atoms with Crippen LogP contribution in [0.5, 0.6) is 0 Å². The van der Waals surface area contributed by atoms with Crippen LogP contribution in [0.3, 0.4) is 0 Å². The maximum atomic E-state index is 11.8. The van der Waals surface area contributed by atoms with Crippen LogP contribution in [-0.4, -0.2) is 29.4 Å². The minimum absolute atomic E-state index is 0.0995. The first-order valence-corrected chi connectivity index (χ1v) is 6.26. The number of hydrogen-bond donors (Lipinski definition) is 1. The second-order valence-electron chi connectivity index (χ2n) is 4.53. The van der Waals surface area contributed by atoms with E-state index in [1.807, 2.05) is 30.0 Å². The molecule has 1 aliphatic rings. The molecule has 1 aromatic rings. The SMILES string of the molecule is CCCC(C(=O)O)N1CCC(=O)c2ccccc21. The summed E-state index contributed by atoms with van der Waals surface area (Å²) in [4.78, 5) is 25.0. The fourth-order valence-electron chi connectivity index (χ4n) is 2.45. The lowest BCUT2D eigenvalue weighted by atomic mass is 9.97. The molecule has 18 heavy (non-hydrogen) atoms. The number of aliphatic carboxylic acids is 1. The van der Waals surface area contributed by atoms with Crippen molar-refractivity contribution in [1.82, 2.24) is 0 Å². The summed E-state index contributed by atoms with van der Waals surface area (Å²) >= 11 is 0. The van der Waals surface area contributed by atoms with Gasteiger partial charge in [0.1, 0.15) is 6.04 Å². The summed E-state index contributed by atoms with van der Waals surface area (Å²) in [5.41, 5.74) is 1.40. The van der Waals surface area contributed by atoms with Crippen LogP contribution >= 0.6 is 0 Å². The van der Waals surface area contributed by atoms with E-state index < -0.39 is 12.0 Å². The van der Waals surface area contributed by atoms with Gasteiger partial charge in [0.25, 0.3) is 0 Å². The lowest BCUT2D eigenvalue weighted by Gasteiger charge is -2.35. The molecule has 4 nitrogen and oxygen atoms in total. The Kier molecular flexibility index (Phi) is 3.65. The standard InChI is InChI=1S/C14H17NO3/c1-2-5-12(14(17)18)15-9-8-13(16)10-6-3-4-7-11(10)15/h3-4,6-7,12H,2,5,8-9H2,1H3,(H,17,18). The van der Waals surface area contributed by atoms with Gasteiger partial charge in [0, 0.05) is 24.2 Å². The number of Topliss-reactive ketones (excluding diaryl/α,β-unsaturated/α-hetero) is 1. The Morgan fingerprint density at radius 3 is 2.83 bits per heavy atom. The summed E-state index contributed by atoms with van der Waals surface area (Å²) in [5.74, 6) is -0.719. The molecule has 96 valence electrons. The molecule has 0 fully saturated rings. The maximum Gasteiger partial charge on any atom is 0.326 e. The van der Waals surface area contributed by atoms with E-state index in [0.29, 0.717) is 24.9 Å². The second kappa shape index (κ2) is 5.21. The third-order valence-electron chi connectivity index (χ3n) is 3.32. The molecule has 1 atom stereocenters. The topological polar surface area (TPSA) is 57.6 Å². The Bertz CT molecular complexity index is 470. The Balaban J connectivity index is 2.38. The maximum absolute atomic E-state index is 11.8. The zero-order valence-corrected chi connectivity index (χ0v) is 10.4. The number of nitrogens with zero attached hydrogens (tertiary/aromatic N) is 1. The highest BCUT2D eigenvalue weighted by molar-refractivity contribution is 6.04. The predicted octanol–water partition coefficient (Wildman–Crippen LogP) is 2.33. The highest BCUT2D eigenvalue weighted by Crippen LogP contribution is 2.29. The monoisotopic (exact) mass is 247 g/mol. The van der Waals surface area contributed by atoms with Crippen molar-refractivity contribution in [3.8, 4) is 0 Å². The third kappa shape index (κ3) is 2.23. The summed E-state index contributed by atoms with van der Waals surface area (Å²) in [7, 11) is 0. The van der Waals surface area contributed by atoms with Gasteiger partial charge in [-0.3, -0.25) is 4.79 Å². The van der Waals surface area contributed by atoms with Gasteiger partial charge in [0.05, 0.1) is 0 Å². The van der Waals surface area contributed by atoms with Crippen LogP contribution < -0.4 is 4.90 Å². The number of ketones is 1. The average Bonchev–Trinajstić information content (AvgIpc) is 2.37. The smallest absolute Gasteiger partial charge is 0.326 e. The van der Waals surface area contributed by atoms with Gasteiger partial charge in [0.2, 0.25) is 0 Å². The van der Waals surface area contributed by atoms with E-state index in [1.165, 1.54) is 0 Å². The Morgan fingerprint density at radius 2 is 2.17 bits per heavy atom. The normalized spacial score (nSPS) is 16.3. The molecule has 0 spiro atoms. The summed E-state index contributed by atoms with van der Waals surface area (Å²) in [6.45, 7) is 2.46. The van der Waals surface area contributed by atoms with Gasteiger partial charge in [0.15, 0.2) is 5.78 Å². The predicted molar refractivity (Wildman–Crippen MR) is 69.1 cm³/mol. The minimum atomic E-state index is -0.819. The van der Waals surface area contributed by atoms with Crippen molar-refractivity contribution in [3.05, 3.63) is 29.8 Å². The molecule has 0 amide bonds. The highest BCUT2D eigenvalue weighted by atomic mass is 16.4. The molecule has 2 rings (SSSR count).